The summed E-state index contributed by atoms with van der Waals surface area (Å²) in [6.45, 7) is 2.09. The highest BCUT2D eigenvalue weighted by Gasteiger charge is 2.33. The van der Waals surface area contributed by atoms with Crippen LogP contribution < -0.4 is 10.2 Å². The van der Waals surface area contributed by atoms with Gasteiger partial charge in [-0.25, -0.2) is 9.97 Å². The van der Waals surface area contributed by atoms with E-state index >= 15 is 0 Å². The Hall–Kier alpha value is -2.49. The molecule has 3 heterocycles. The molecular formula is C15H15F3N6S. The number of hydrogen-bond donors (Lipinski definition) is 1. The standard InChI is InChI=1S/C15H15F3N6S/c16-15(17,18)12-3-5-20-13(22-12)23-6-8-24(9-7-23)14(25)21-11-2-1-4-19-10-11/h1-5,10H,6-9H2,(H,21,25). The van der Waals surface area contributed by atoms with Gasteiger partial charge in [0.25, 0.3) is 0 Å². The lowest BCUT2D eigenvalue weighted by Crippen LogP contribution is -2.50. The third-order valence-corrected chi connectivity index (χ3v) is 4.06. The van der Waals surface area contributed by atoms with Crippen LogP contribution in [0, 0.1) is 0 Å². The number of hydrogen-bond acceptors (Lipinski definition) is 5. The number of rotatable bonds is 2. The second kappa shape index (κ2) is 7.18. The summed E-state index contributed by atoms with van der Waals surface area (Å²) in [7, 11) is 0. The first-order chi connectivity index (χ1) is 11.9. The number of thiocarbonyl (C=S) groups is 1. The summed E-state index contributed by atoms with van der Waals surface area (Å²) >= 11 is 5.37. The van der Waals surface area contributed by atoms with Gasteiger partial charge >= 0.3 is 6.18 Å². The molecule has 132 valence electrons. The molecule has 25 heavy (non-hydrogen) atoms. The maximum absolute atomic E-state index is 12.8. The normalized spacial score (nSPS) is 15.2. The van der Waals surface area contributed by atoms with Crippen molar-refractivity contribution in [2.45, 2.75) is 6.18 Å². The van der Waals surface area contributed by atoms with Crippen molar-refractivity contribution in [1.82, 2.24) is 19.9 Å². The van der Waals surface area contributed by atoms with Crippen LogP contribution >= 0.6 is 12.2 Å². The van der Waals surface area contributed by atoms with Crippen LogP contribution in [0.4, 0.5) is 24.8 Å². The monoisotopic (exact) mass is 368 g/mol. The summed E-state index contributed by atoms with van der Waals surface area (Å²) in [5.74, 6) is 0.0839. The minimum Gasteiger partial charge on any atom is -0.345 e. The van der Waals surface area contributed by atoms with E-state index in [4.69, 9.17) is 12.2 Å². The zero-order valence-electron chi connectivity index (χ0n) is 13.1. The van der Waals surface area contributed by atoms with Gasteiger partial charge in [-0.1, -0.05) is 0 Å². The Labute approximate surface area is 147 Å². The van der Waals surface area contributed by atoms with Crippen LogP contribution in [0.1, 0.15) is 5.69 Å². The zero-order valence-corrected chi connectivity index (χ0v) is 13.9. The number of pyridine rings is 1. The number of piperazine rings is 1. The van der Waals surface area contributed by atoms with Gasteiger partial charge in [0.1, 0.15) is 5.69 Å². The van der Waals surface area contributed by atoms with Crippen molar-refractivity contribution in [3.8, 4) is 0 Å². The molecule has 1 fully saturated rings. The van der Waals surface area contributed by atoms with Gasteiger partial charge in [-0.05, 0) is 30.4 Å². The van der Waals surface area contributed by atoms with E-state index in [1.165, 1.54) is 0 Å². The van der Waals surface area contributed by atoms with Gasteiger partial charge in [-0.2, -0.15) is 13.2 Å². The highest BCUT2D eigenvalue weighted by Crippen LogP contribution is 2.28. The Bertz CT molecular complexity index is 732. The molecule has 0 amide bonds. The SMILES string of the molecule is FC(F)(F)c1ccnc(N2CCN(C(=S)Nc3cccnc3)CC2)n1. The average Bonchev–Trinajstić information content (AvgIpc) is 2.62. The molecule has 1 aliphatic heterocycles. The molecular weight excluding hydrogens is 353 g/mol. The number of alkyl halides is 3. The van der Waals surface area contributed by atoms with Crippen molar-refractivity contribution in [2.24, 2.45) is 0 Å². The van der Waals surface area contributed by atoms with Gasteiger partial charge < -0.3 is 15.1 Å². The molecule has 3 rings (SSSR count). The number of nitrogens with zero attached hydrogens (tertiary/aromatic N) is 5. The van der Waals surface area contributed by atoms with E-state index in [9.17, 15) is 13.2 Å². The molecule has 0 atom stereocenters. The minimum atomic E-state index is -4.48. The van der Waals surface area contributed by atoms with Crippen LogP contribution in [-0.2, 0) is 6.18 Å². The highest BCUT2D eigenvalue weighted by molar-refractivity contribution is 7.80. The predicted octanol–water partition coefficient (Wildman–Crippen LogP) is 2.41. The molecule has 0 unspecified atom stereocenters. The molecule has 0 aliphatic carbocycles. The summed E-state index contributed by atoms with van der Waals surface area (Å²) in [6.07, 6.45) is -0.0120. The third kappa shape index (κ3) is 4.32. The summed E-state index contributed by atoms with van der Waals surface area (Å²) in [6, 6.07) is 4.52. The molecule has 1 N–H and O–H groups in total. The maximum Gasteiger partial charge on any atom is 0.433 e. The smallest absolute Gasteiger partial charge is 0.345 e. The van der Waals surface area contributed by atoms with Crippen LogP contribution in [0.3, 0.4) is 0 Å². The fourth-order valence-electron chi connectivity index (χ4n) is 2.41. The largest absolute Gasteiger partial charge is 0.433 e. The van der Waals surface area contributed by atoms with E-state index in [0.29, 0.717) is 31.3 Å². The van der Waals surface area contributed by atoms with Gasteiger partial charge in [0.05, 0.1) is 11.9 Å². The summed E-state index contributed by atoms with van der Waals surface area (Å²) < 4.78 is 38.3. The summed E-state index contributed by atoms with van der Waals surface area (Å²) in [5.41, 5.74) is -0.148. The molecule has 0 spiro atoms. The minimum absolute atomic E-state index is 0.0839. The first-order valence-corrected chi connectivity index (χ1v) is 7.95. The number of aromatic nitrogens is 3. The maximum atomic E-state index is 12.8. The van der Waals surface area contributed by atoms with Crippen molar-refractivity contribution < 1.29 is 13.2 Å². The molecule has 0 saturated carbocycles. The van der Waals surface area contributed by atoms with Gasteiger partial charge in [-0.3, -0.25) is 4.98 Å². The lowest BCUT2D eigenvalue weighted by molar-refractivity contribution is -0.141. The van der Waals surface area contributed by atoms with Gasteiger partial charge in [0, 0.05) is 38.6 Å². The zero-order chi connectivity index (χ0) is 17.9. The van der Waals surface area contributed by atoms with Gasteiger partial charge in [-0.15, -0.1) is 0 Å². The second-order valence-corrected chi connectivity index (χ2v) is 5.77. The number of anilines is 2. The topological polar surface area (TPSA) is 57.2 Å². The average molecular weight is 368 g/mol. The van der Waals surface area contributed by atoms with Crippen LogP contribution in [0.25, 0.3) is 0 Å². The highest BCUT2D eigenvalue weighted by atomic mass is 32.1. The van der Waals surface area contributed by atoms with Gasteiger partial charge in [0.2, 0.25) is 5.95 Å². The van der Waals surface area contributed by atoms with Gasteiger partial charge in [0.15, 0.2) is 5.11 Å². The summed E-state index contributed by atoms with van der Waals surface area (Å²) in [5, 5.41) is 3.64. The third-order valence-electron chi connectivity index (χ3n) is 3.70. The Kier molecular flexibility index (Phi) is 4.98. The molecule has 0 radical (unpaired) electrons. The quantitative estimate of drug-likeness (QED) is 0.817. The lowest BCUT2D eigenvalue weighted by atomic mass is 10.3. The van der Waals surface area contributed by atoms with E-state index in [1.54, 1.807) is 23.4 Å². The first kappa shape index (κ1) is 17.3. The Balaban J connectivity index is 1.59. The van der Waals surface area contributed by atoms with E-state index in [1.807, 2.05) is 11.0 Å². The van der Waals surface area contributed by atoms with Crippen molar-refractivity contribution in [1.29, 1.82) is 0 Å². The van der Waals surface area contributed by atoms with E-state index in [-0.39, 0.29) is 5.95 Å². The summed E-state index contributed by atoms with van der Waals surface area (Å²) in [4.78, 5) is 15.3. The van der Waals surface area contributed by atoms with Crippen LogP contribution in [0.5, 0.6) is 0 Å². The molecule has 6 nitrogen and oxygen atoms in total. The van der Waals surface area contributed by atoms with E-state index in [2.05, 4.69) is 20.3 Å². The van der Waals surface area contributed by atoms with Crippen molar-refractivity contribution in [3.63, 3.8) is 0 Å². The van der Waals surface area contributed by atoms with E-state index < -0.39 is 11.9 Å². The van der Waals surface area contributed by atoms with E-state index in [0.717, 1.165) is 18.0 Å². The Morgan fingerprint density at radius 1 is 1.12 bits per heavy atom. The van der Waals surface area contributed by atoms with Crippen molar-refractivity contribution >= 4 is 29.0 Å². The second-order valence-electron chi connectivity index (χ2n) is 5.39. The predicted molar refractivity (Wildman–Crippen MR) is 91.3 cm³/mol. The molecule has 10 heteroatoms. The molecule has 2 aromatic heterocycles. The van der Waals surface area contributed by atoms with Crippen LogP contribution in [0.2, 0.25) is 0 Å². The first-order valence-electron chi connectivity index (χ1n) is 7.54. The lowest BCUT2D eigenvalue weighted by Gasteiger charge is -2.36. The Morgan fingerprint density at radius 2 is 1.88 bits per heavy atom. The number of nitrogens with one attached hydrogen (secondary N) is 1. The van der Waals surface area contributed by atoms with Crippen molar-refractivity contribution in [2.75, 3.05) is 36.4 Å². The van der Waals surface area contributed by atoms with Crippen LogP contribution in [0.15, 0.2) is 36.8 Å². The molecule has 0 aromatic carbocycles. The Morgan fingerprint density at radius 3 is 2.52 bits per heavy atom. The fraction of sp³-hybridized carbons (Fsp3) is 0.333. The molecule has 1 aliphatic rings. The van der Waals surface area contributed by atoms with Crippen LogP contribution in [-0.4, -0.2) is 51.1 Å². The molecule has 2 aromatic rings. The number of halogens is 3. The fourth-order valence-corrected chi connectivity index (χ4v) is 2.71. The molecule has 0 bridgehead atoms. The van der Waals surface area contributed by atoms with Crippen molar-refractivity contribution in [3.05, 3.63) is 42.5 Å². The molecule has 1 saturated heterocycles.